The zero-order valence-electron chi connectivity index (χ0n) is 11.6. The molecule has 0 aliphatic heterocycles. The zero-order valence-corrected chi connectivity index (χ0v) is 11.6. The normalized spacial score (nSPS) is 11.9. The Kier molecular flexibility index (Phi) is 7.66. The lowest BCUT2D eigenvalue weighted by atomic mass is 10.1. The molecule has 1 aromatic rings. The second kappa shape index (κ2) is 9.39. The molecule has 19 heavy (non-hydrogen) atoms. The van der Waals surface area contributed by atoms with E-state index in [-0.39, 0.29) is 12.7 Å². The van der Waals surface area contributed by atoms with Crippen molar-refractivity contribution in [2.24, 2.45) is 0 Å². The maximum absolute atomic E-state index is 11.0. The second-order valence-electron chi connectivity index (χ2n) is 4.09. The molecule has 0 aliphatic rings. The second-order valence-corrected chi connectivity index (χ2v) is 4.09. The minimum absolute atomic E-state index is 0.0528. The summed E-state index contributed by atoms with van der Waals surface area (Å²) in [7, 11) is 0. The highest BCUT2D eigenvalue weighted by Crippen LogP contribution is 2.22. The van der Waals surface area contributed by atoms with Crippen molar-refractivity contribution in [3.05, 3.63) is 35.9 Å². The van der Waals surface area contributed by atoms with Gasteiger partial charge in [-0.1, -0.05) is 43.7 Å². The lowest BCUT2D eigenvalue weighted by molar-refractivity contribution is -0.00191. The van der Waals surface area contributed by atoms with Gasteiger partial charge in [0.25, 0.3) is 0 Å². The number of carbonyl (C=O) groups is 1. The topological polar surface area (TPSA) is 44.8 Å². The van der Waals surface area contributed by atoms with Crippen LogP contribution in [0.15, 0.2) is 30.3 Å². The van der Waals surface area contributed by atoms with Gasteiger partial charge in [-0.2, -0.15) is 0 Å². The van der Waals surface area contributed by atoms with Gasteiger partial charge >= 0.3 is 6.16 Å². The lowest BCUT2D eigenvalue weighted by Crippen LogP contribution is -2.14. The SMILES string of the molecule is CCCC(OCCOC(=O)OCC)c1ccccc1. The Labute approximate surface area is 114 Å². The molecule has 0 N–H and O–H groups in total. The summed E-state index contributed by atoms with van der Waals surface area (Å²) in [5, 5.41) is 0. The van der Waals surface area contributed by atoms with Crippen molar-refractivity contribution in [3.8, 4) is 0 Å². The fourth-order valence-electron chi connectivity index (χ4n) is 1.75. The van der Waals surface area contributed by atoms with E-state index in [9.17, 15) is 4.79 Å². The molecule has 0 aliphatic carbocycles. The summed E-state index contributed by atoms with van der Waals surface area (Å²) in [6.07, 6.45) is 1.40. The quantitative estimate of drug-likeness (QED) is 0.531. The van der Waals surface area contributed by atoms with E-state index < -0.39 is 6.16 Å². The van der Waals surface area contributed by atoms with E-state index >= 15 is 0 Å². The molecule has 4 nitrogen and oxygen atoms in total. The van der Waals surface area contributed by atoms with Crippen LogP contribution in [0.2, 0.25) is 0 Å². The number of hydrogen-bond acceptors (Lipinski definition) is 4. The molecule has 0 saturated carbocycles. The Morgan fingerprint density at radius 2 is 1.84 bits per heavy atom. The van der Waals surface area contributed by atoms with Crippen LogP contribution in [0.1, 0.15) is 38.4 Å². The predicted molar refractivity (Wildman–Crippen MR) is 73.0 cm³/mol. The van der Waals surface area contributed by atoms with Gasteiger partial charge in [0.1, 0.15) is 6.61 Å². The van der Waals surface area contributed by atoms with Crippen LogP contribution < -0.4 is 0 Å². The molecule has 1 unspecified atom stereocenters. The molecular formula is C15H22O4. The molecule has 0 radical (unpaired) electrons. The molecule has 1 rings (SSSR count). The van der Waals surface area contributed by atoms with Crippen molar-refractivity contribution < 1.29 is 19.0 Å². The number of rotatable bonds is 8. The number of ether oxygens (including phenoxy) is 3. The van der Waals surface area contributed by atoms with E-state index in [2.05, 4.69) is 11.7 Å². The third-order valence-electron chi connectivity index (χ3n) is 2.61. The van der Waals surface area contributed by atoms with Crippen LogP contribution in [-0.2, 0) is 14.2 Å². The summed E-state index contributed by atoms with van der Waals surface area (Å²) < 4.78 is 15.3. The predicted octanol–water partition coefficient (Wildman–Crippen LogP) is 3.72. The first kappa shape index (κ1) is 15.5. The number of hydrogen-bond donors (Lipinski definition) is 0. The zero-order chi connectivity index (χ0) is 13.9. The highest BCUT2D eigenvalue weighted by Gasteiger charge is 2.11. The van der Waals surface area contributed by atoms with Crippen molar-refractivity contribution in [3.63, 3.8) is 0 Å². The Balaban J connectivity index is 2.33. The van der Waals surface area contributed by atoms with Crippen LogP contribution in [0.5, 0.6) is 0 Å². The Bertz CT molecular complexity index is 350. The van der Waals surface area contributed by atoms with Gasteiger partial charge in [0.2, 0.25) is 0 Å². The molecule has 0 saturated heterocycles. The third kappa shape index (κ3) is 6.25. The summed E-state index contributed by atoms with van der Waals surface area (Å²) in [6.45, 7) is 4.77. The van der Waals surface area contributed by atoms with Crippen molar-refractivity contribution in [1.29, 1.82) is 0 Å². The summed E-state index contributed by atoms with van der Waals surface area (Å²) in [5.74, 6) is 0. The lowest BCUT2D eigenvalue weighted by Gasteiger charge is -2.17. The summed E-state index contributed by atoms with van der Waals surface area (Å²) in [4.78, 5) is 11.0. The van der Waals surface area contributed by atoms with E-state index in [4.69, 9.17) is 9.47 Å². The smallest absolute Gasteiger partial charge is 0.435 e. The average Bonchev–Trinajstić information content (AvgIpc) is 2.43. The highest BCUT2D eigenvalue weighted by atomic mass is 16.7. The number of benzene rings is 1. The van der Waals surface area contributed by atoms with E-state index in [1.165, 1.54) is 0 Å². The van der Waals surface area contributed by atoms with E-state index in [1.807, 2.05) is 30.3 Å². The number of carbonyl (C=O) groups excluding carboxylic acids is 1. The van der Waals surface area contributed by atoms with Crippen molar-refractivity contribution >= 4 is 6.16 Å². The van der Waals surface area contributed by atoms with Crippen LogP contribution in [0, 0.1) is 0 Å². The Morgan fingerprint density at radius 3 is 2.47 bits per heavy atom. The Morgan fingerprint density at radius 1 is 1.11 bits per heavy atom. The largest absolute Gasteiger partial charge is 0.508 e. The monoisotopic (exact) mass is 266 g/mol. The van der Waals surface area contributed by atoms with Crippen molar-refractivity contribution in [2.45, 2.75) is 32.8 Å². The standard InChI is InChI=1S/C15H22O4/c1-3-8-14(13-9-6-5-7-10-13)18-11-12-19-15(16)17-4-2/h5-7,9-10,14H,3-4,8,11-12H2,1-2H3. The Hall–Kier alpha value is -1.55. The van der Waals surface area contributed by atoms with Crippen molar-refractivity contribution in [2.75, 3.05) is 19.8 Å². The minimum atomic E-state index is -0.641. The first-order chi connectivity index (χ1) is 9.27. The van der Waals surface area contributed by atoms with E-state index in [0.717, 1.165) is 18.4 Å². The highest BCUT2D eigenvalue weighted by molar-refractivity contribution is 5.59. The van der Waals surface area contributed by atoms with Gasteiger partial charge in [0, 0.05) is 0 Å². The molecule has 0 heterocycles. The van der Waals surface area contributed by atoms with Gasteiger partial charge in [-0.05, 0) is 18.9 Å². The molecule has 4 heteroatoms. The molecule has 1 aromatic carbocycles. The summed E-state index contributed by atoms with van der Waals surface area (Å²) >= 11 is 0. The fourth-order valence-corrected chi connectivity index (χ4v) is 1.75. The van der Waals surface area contributed by atoms with E-state index in [1.54, 1.807) is 6.92 Å². The van der Waals surface area contributed by atoms with Crippen molar-refractivity contribution in [1.82, 2.24) is 0 Å². The molecule has 0 aromatic heterocycles. The summed E-state index contributed by atoms with van der Waals surface area (Å²) in [5.41, 5.74) is 1.15. The molecule has 1 atom stereocenters. The maximum Gasteiger partial charge on any atom is 0.508 e. The van der Waals surface area contributed by atoms with Gasteiger partial charge in [-0.3, -0.25) is 0 Å². The molecule has 0 fully saturated rings. The van der Waals surface area contributed by atoms with Gasteiger partial charge in [0.05, 0.1) is 19.3 Å². The first-order valence-electron chi connectivity index (χ1n) is 6.74. The molecule has 0 bridgehead atoms. The fraction of sp³-hybridized carbons (Fsp3) is 0.533. The molecule has 0 amide bonds. The molecule has 0 spiro atoms. The molecule has 106 valence electrons. The van der Waals surface area contributed by atoms with Gasteiger partial charge in [-0.25, -0.2) is 4.79 Å². The minimum Gasteiger partial charge on any atom is -0.435 e. The van der Waals surface area contributed by atoms with Gasteiger partial charge in [-0.15, -0.1) is 0 Å². The van der Waals surface area contributed by atoms with Gasteiger partial charge < -0.3 is 14.2 Å². The first-order valence-corrected chi connectivity index (χ1v) is 6.74. The third-order valence-corrected chi connectivity index (χ3v) is 2.61. The van der Waals surface area contributed by atoms with Crippen LogP contribution in [0.25, 0.3) is 0 Å². The van der Waals surface area contributed by atoms with Crippen LogP contribution in [0.4, 0.5) is 4.79 Å². The average molecular weight is 266 g/mol. The summed E-state index contributed by atoms with van der Waals surface area (Å²) in [6, 6.07) is 10.1. The van der Waals surface area contributed by atoms with Crippen LogP contribution >= 0.6 is 0 Å². The maximum atomic E-state index is 11.0. The van der Waals surface area contributed by atoms with E-state index in [0.29, 0.717) is 13.2 Å². The molecular weight excluding hydrogens is 244 g/mol. The van der Waals surface area contributed by atoms with Gasteiger partial charge in [0.15, 0.2) is 0 Å². The van der Waals surface area contributed by atoms with Crippen LogP contribution in [0.3, 0.4) is 0 Å². The van der Waals surface area contributed by atoms with Crippen LogP contribution in [-0.4, -0.2) is 26.0 Å².